The molecule has 0 bridgehead atoms. The number of hydrogen-bond donors (Lipinski definition) is 1. The Morgan fingerprint density at radius 3 is 2.33 bits per heavy atom. The van der Waals surface area contributed by atoms with E-state index in [0.29, 0.717) is 12.1 Å². The zero-order chi connectivity index (χ0) is 12.8. The molecule has 0 unspecified atom stereocenters. The molecule has 0 atom stereocenters. The van der Waals surface area contributed by atoms with Crippen molar-refractivity contribution in [1.29, 1.82) is 0 Å². The van der Waals surface area contributed by atoms with Gasteiger partial charge >= 0.3 is 17.4 Å². The predicted molar refractivity (Wildman–Crippen MR) is 53.2 cm³/mol. The van der Waals surface area contributed by atoms with Crippen molar-refractivity contribution < 1.29 is 22.7 Å². The fourth-order valence-electron chi connectivity index (χ4n) is 1.34. The van der Waals surface area contributed by atoms with E-state index in [2.05, 4.69) is 0 Å². The Balaban J connectivity index is 0.00000162. The minimum absolute atomic E-state index is 0. The van der Waals surface area contributed by atoms with E-state index in [1.165, 1.54) is 0 Å². The molecule has 2 rings (SSSR count). The molecule has 0 saturated carbocycles. The zero-order valence-corrected chi connectivity index (χ0v) is 11.0. The van der Waals surface area contributed by atoms with Crippen molar-refractivity contribution in [2.24, 2.45) is 0 Å². The van der Waals surface area contributed by atoms with Gasteiger partial charge in [0.25, 0.3) is 0 Å². The molecule has 1 N–H and O–H groups in total. The van der Waals surface area contributed by atoms with Gasteiger partial charge in [-0.05, 0) is 12.1 Å². The molecule has 91 valence electrons. The second-order valence-electron chi connectivity index (χ2n) is 3.21. The van der Waals surface area contributed by atoms with Gasteiger partial charge in [-0.25, -0.2) is 0 Å². The quantitative estimate of drug-likeness (QED) is 0.395. The van der Waals surface area contributed by atoms with E-state index in [0.717, 1.165) is 6.07 Å². The number of H-pyrrole nitrogens is 1. The molecule has 0 saturated heterocycles. The second-order valence-corrected chi connectivity index (χ2v) is 3.21. The van der Waals surface area contributed by atoms with Crippen LogP contribution in [0.3, 0.4) is 0 Å². The first-order valence-electron chi connectivity index (χ1n) is 4.27. The molecule has 0 amide bonds. The summed E-state index contributed by atoms with van der Waals surface area (Å²) in [6.45, 7) is 0. The number of hydrogen-bond acceptors (Lipinski definition) is 3. The van der Waals surface area contributed by atoms with Gasteiger partial charge in [-0.3, -0.25) is 0 Å². The number of nitrogens with zero attached hydrogens (tertiary/aromatic N) is 2. The van der Waals surface area contributed by atoms with Crippen molar-refractivity contribution >= 4 is 40.6 Å². The first kappa shape index (κ1) is 14.7. The van der Waals surface area contributed by atoms with Gasteiger partial charge in [0, 0.05) is 45.6 Å². The van der Waals surface area contributed by atoms with Crippen molar-refractivity contribution in [2.45, 2.75) is 6.18 Å². The minimum atomic E-state index is -4.63. The molecule has 2 aromatic rings. The second kappa shape index (κ2) is 4.75. The van der Waals surface area contributed by atoms with Gasteiger partial charge in [-0.15, -0.1) is 0 Å². The van der Waals surface area contributed by atoms with Gasteiger partial charge in [-0.1, -0.05) is 0 Å². The first-order chi connectivity index (χ1) is 7.80. The minimum Gasteiger partial charge on any atom is -0.707 e. The van der Waals surface area contributed by atoms with Crippen molar-refractivity contribution in [3.8, 4) is 0 Å². The van der Waals surface area contributed by atoms with Crippen LogP contribution in [0.5, 0.6) is 0 Å². The summed E-state index contributed by atoms with van der Waals surface area (Å²) in [5, 5.41) is 23.9. The molecule has 1 heterocycles. The average Bonchev–Trinajstić information content (AvgIpc) is 2.24. The third kappa shape index (κ3) is 2.42. The van der Waals surface area contributed by atoms with Crippen LogP contribution in [0, 0.1) is 10.4 Å². The molecular formula is C8H4F3N3NaO3. The number of aromatic amines is 1. The van der Waals surface area contributed by atoms with E-state index in [-0.39, 0.29) is 39.1 Å². The van der Waals surface area contributed by atoms with Crippen LogP contribution in [0.1, 0.15) is 5.56 Å². The number of benzene rings is 1. The molecule has 1 aromatic heterocycles. The van der Waals surface area contributed by atoms with Crippen molar-refractivity contribution in [1.82, 2.24) is 5.10 Å². The van der Waals surface area contributed by atoms with Crippen molar-refractivity contribution in [2.75, 3.05) is 0 Å². The van der Waals surface area contributed by atoms with Crippen LogP contribution in [0.15, 0.2) is 23.0 Å². The largest absolute Gasteiger partial charge is 0.707 e. The zero-order valence-electron chi connectivity index (χ0n) is 8.99. The molecule has 1 aromatic carbocycles. The van der Waals surface area contributed by atoms with Gasteiger partial charge in [0.05, 0.1) is 5.56 Å². The van der Waals surface area contributed by atoms with Gasteiger partial charge in [0.1, 0.15) is 0 Å². The molecule has 0 aliphatic rings. The monoisotopic (exact) mass is 270 g/mol. The number of aromatic nitrogens is 3. The summed E-state index contributed by atoms with van der Waals surface area (Å²) >= 11 is 0. The molecule has 0 fully saturated rings. The third-order valence-corrected chi connectivity index (χ3v) is 2.12. The molecular weight excluding hydrogens is 266 g/mol. The fourth-order valence-corrected chi connectivity index (χ4v) is 1.34. The van der Waals surface area contributed by atoms with Crippen LogP contribution in [0.25, 0.3) is 11.0 Å². The average molecular weight is 270 g/mol. The van der Waals surface area contributed by atoms with E-state index >= 15 is 0 Å². The molecule has 10 heteroatoms. The Hall–Kier alpha value is -1.32. The first-order valence-corrected chi connectivity index (χ1v) is 4.27. The summed E-state index contributed by atoms with van der Waals surface area (Å²) < 4.78 is 36.9. The van der Waals surface area contributed by atoms with E-state index in [9.17, 15) is 28.4 Å². The summed E-state index contributed by atoms with van der Waals surface area (Å²) in [7, 11) is 0. The maximum atomic E-state index is 12.4. The van der Waals surface area contributed by atoms with E-state index in [1.807, 2.05) is 0 Å². The Kier molecular flexibility index (Phi) is 3.89. The number of halogens is 3. The van der Waals surface area contributed by atoms with Crippen LogP contribution < -0.4 is 15.3 Å². The standard InChI is InChI=1S/C8H4F3N3O3.Na/c9-8(10,11)4-1-2-5-6(3-4)14(17)12-7(15)13(5)16;/h1-3H,(H,12,15);. The van der Waals surface area contributed by atoms with Gasteiger partial charge < -0.3 is 10.4 Å². The van der Waals surface area contributed by atoms with Gasteiger partial charge in [0.2, 0.25) is 5.52 Å². The Morgan fingerprint density at radius 2 is 1.78 bits per heavy atom. The maximum absolute atomic E-state index is 12.4. The van der Waals surface area contributed by atoms with E-state index in [1.54, 1.807) is 5.10 Å². The number of alkyl halides is 3. The summed E-state index contributed by atoms with van der Waals surface area (Å²) in [6.07, 6.45) is -4.63. The number of nitrogens with one attached hydrogen (secondary N) is 1. The van der Waals surface area contributed by atoms with Crippen LogP contribution in [-0.4, -0.2) is 34.7 Å². The Bertz CT molecular complexity index is 656. The van der Waals surface area contributed by atoms with Crippen molar-refractivity contribution in [3.63, 3.8) is 0 Å². The maximum Gasteiger partial charge on any atom is 0.554 e. The molecule has 0 spiro atoms. The molecule has 0 aliphatic carbocycles. The summed E-state index contributed by atoms with van der Waals surface area (Å²) in [5.74, 6) is 0. The topological polar surface area (TPSA) is 86.7 Å². The number of rotatable bonds is 0. The smallest absolute Gasteiger partial charge is 0.554 e. The Labute approximate surface area is 119 Å². The predicted octanol–water partition coefficient (Wildman–Crippen LogP) is -0.567. The molecule has 18 heavy (non-hydrogen) atoms. The van der Waals surface area contributed by atoms with Crippen LogP contribution >= 0.6 is 0 Å². The van der Waals surface area contributed by atoms with Gasteiger partial charge in [-0.2, -0.15) is 22.7 Å². The van der Waals surface area contributed by atoms with Crippen LogP contribution in [0.2, 0.25) is 0 Å². The number of fused-ring (bicyclic) bond motifs is 1. The summed E-state index contributed by atoms with van der Waals surface area (Å²) in [4.78, 5) is 10.7. The van der Waals surface area contributed by atoms with Crippen LogP contribution in [0.4, 0.5) is 13.2 Å². The van der Waals surface area contributed by atoms with E-state index in [4.69, 9.17) is 0 Å². The fraction of sp³-hybridized carbons (Fsp3) is 0.125. The summed E-state index contributed by atoms with van der Waals surface area (Å²) in [6, 6.07) is 1.89. The third-order valence-electron chi connectivity index (χ3n) is 2.12. The summed E-state index contributed by atoms with van der Waals surface area (Å²) in [5.41, 5.74) is -3.33. The molecule has 0 aliphatic heterocycles. The van der Waals surface area contributed by atoms with Gasteiger partial charge in [0.15, 0.2) is 0 Å². The molecule has 6 nitrogen and oxygen atoms in total. The molecule has 1 radical (unpaired) electrons. The normalized spacial score (nSPS) is 11.3. The van der Waals surface area contributed by atoms with E-state index < -0.39 is 28.5 Å². The Morgan fingerprint density at radius 1 is 1.17 bits per heavy atom. The SMILES string of the molecule is O=c1[nH][n+]([O-])c2cc(C(F)(F)F)ccc2[n+]1[O-].[Na]. The van der Waals surface area contributed by atoms with Crippen LogP contribution in [-0.2, 0) is 6.18 Å². The van der Waals surface area contributed by atoms with Crippen molar-refractivity contribution in [3.05, 3.63) is 44.7 Å².